The monoisotopic (exact) mass is 477 g/mol. The van der Waals surface area contributed by atoms with Crippen molar-refractivity contribution in [1.29, 1.82) is 0 Å². The van der Waals surface area contributed by atoms with Crippen LogP contribution in [0.25, 0.3) is 0 Å². The molecule has 1 amide bonds. The molecule has 0 saturated carbocycles. The van der Waals surface area contributed by atoms with Gasteiger partial charge >= 0.3 is 0 Å². The van der Waals surface area contributed by atoms with Crippen LogP contribution in [-0.4, -0.2) is 15.8 Å². The number of hydrogen-bond donors (Lipinski definition) is 1. The highest BCUT2D eigenvalue weighted by molar-refractivity contribution is 6.31. The van der Waals surface area contributed by atoms with Gasteiger partial charge in [-0.3, -0.25) is 9.69 Å². The van der Waals surface area contributed by atoms with Crippen LogP contribution in [0.3, 0.4) is 0 Å². The fourth-order valence-corrected chi connectivity index (χ4v) is 3.85. The third-order valence-corrected chi connectivity index (χ3v) is 5.83. The number of halogens is 2. The topological polar surface area (TPSA) is 58.4 Å². The first-order valence-electron chi connectivity index (χ1n) is 11.0. The molecule has 1 heterocycles. The Morgan fingerprint density at radius 3 is 2.44 bits per heavy atom. The summed E-state index contributed by atoms with van der Waals surface area (Å²) in [6.07, 6.45) is 1.37. The van der Waals surface area contributed by atoms with Gasteiger partial charge in [0.15, 0.2) is 5.69 Å². The molecule has 4 rings (SSSR count). The second-order valence-electron chi connectivity index (χ2n) is 8.10. The SMILES string of the molecule is C[C@@H](NC(=O)c1coc(CN(Cc2ccc(F)cc2)Cc2ccccc2Cl)n1)c1ccccc1. The lowest BCUT2D eigenvalue weighted by Gasteiger charge is -2.21. The van der Waals surface area contributed by atoms with E-state index >= 15 is 0 Å². The van der Waals surface area contributed by atoms with Gasteiger partial charge in [-0.2, -0.15) is 0 Å². The number of nitrogens with one attached hydrogen (secondary N) is 1. The minimum atomic E-state index is -0.303. The maximum absolute atomic E-state index is 13.4. The predicted octanol–water partition coefficient (Wildman–Crippen LogP) is 6.16. The number of aromatic nitrogens is 1. The number of amides is 1. The smallest absolute Gasteiger partial charge is 0.273 e. The van der Waals surface area contributed by atoms with E-state index < -0.39 is 0 Å². The van der Waals surface area contributed by atoms with E-state index in [9.17, 15) is 9.18 Å². The quantitative estimate of drug-likeness (QED) is 0.313. The molecule has 5 nitrogen and oxygen atoms in total. The zero-order valence-electron chi connectivity index (χ0n) is 18.7. The molecule has 1 N–H and O–H groups in total. The first-order chi connectivity index (χ1) is 16.5. The van der Waals surface area contributed by atoms with E-state index in [1.165, 1.54) is 18.4 Å². The Bertz CT molecular complexity index is 1230. The standard InChI is InChI=1S/C27H25ClFN3O2/c1-19(21-7-3-2-4-8-21)30-27(33)25-18-34-26(31-25)17-32(15-20-11-13-23(29)14-12-20)16-22-9-5-6-10-24(22)28/h2-14,18-19H,15-17H2,1H3,(H,30,33)/t19-/m1/s1. The molecule has 0 saturated heterocycles. The average molecular weight is 478 g/mol. The normalized spacial score (nSPS) is 12.0. The van der Waals surface area contributed by atoms with Gasteiger partial charge in [0.2, 0.25) is 5.89 Å². The molecular formula is C27H25ClFN3O2. The van der Waals surface area contributed by atoms with Gasteiger partial charge in [-0.05, 0) is 41.8 Å². The molecule has 1 aromatic heterocycles. The van der Waals surface area contributed by atoms with Gasteiger partial charge in [0.1, 0.15) is 12.1 Å². The fraction of sp³-hybridized carbons (Fsp3) is 0.185. The summed E-state index contributed by atoms with van der Waals surface area (Å²) < 4.78 is 19.0. The Hall–Kier alpha value is -3.48. The van der Waals surface area contributed by atoms with Crippen LogP contribution in [0, 0.1) is 5.82 Å². The molecule has 0 spiro atoms. The summed E-state index contributed by atoms with van der Waals surface area (Å²) in [6.45, 7) is 3.33. The van der Waals surface area contributed by atoms with Crippen LogP contribution >= 0.6 is 11.6 Å². The molecule has 0 unspecified atom stereocenters. The Labute approximate surface area is 203 Å². The summed E-state index contributed by atoms with van der Waals surface area (Å²) in [5.41, 5.74) is 3.11. The van der Waals surface area contributed by atoms with Crippen LogP contribution in [0.1, 0.15) is 46.0 Å². The van der Waals surface area contributed by atoms with Crippen LogP contribution in [-0.2, 0) is 19.6 Å². The van der Waals surface area contributed by atoms with Crippen molar-refractivity contribution in [2.75, 3.05) is 0 Å². The summed E-state index contributed by atoms with van der Waals surface area (Å²) in [5.74, 6) is -0.177. The summed E-state index contributed by atoms with van der Waals surface area (Å²) >= 11 is 6.37. The molecule has 0 aliphatic carbocycles. The molecule has 3 aromatic carbocycles. The lowest BCUT2D eigenvalue weighted by molar-refractivity contribution is 0.0934. The second kappa shape index (κ2) is 11.1. The fourth-order valence-electron chi connectivity index (χ4n) is 3.66. The van der Waals surface area contributed by atoms with Gasteiger partial charge in [-0.25, -0.2) is 9.37 Å². The highest BCUT2D eigenvalue weighted by atomic mass is 35.5. The van der Waals surface area contributed by atoms with Gasteiger partial charge in [-0.15, -0.1) is 0 Å². The Balaban J connectivity index is 1.47. The van der Waals surface area contributed by atoms with Crippen LogP contribution in [0.2, 0.25) is 5.02 Å². The molecule has 0 bridgehead atoms. The number of carbonyl (C=O) groups excluding carboxylic acids is 1. The molecule has 0 aliphatic rings. The van der Waals surface area contributed by atoms with Crippen molar-refractivity contribution in [2.45, 2.75) is 32.6 Å². The maximum atomic E-state index is 13.4. The molecule has 0 radical (unpaired) electrons. The van der Waals surface area contributed by atoms with Crippen LogP contribution in [0.15, 0.2) is 89.5 Å². The minimum absolute atomic E-state index is 0.163. The lowest BCUT2D eigenvalue weighted by atomic mass is 10.1. The van der Waals surface area contributed by atoms with Crippen molar-refractivity contribution in [3.05, 3.63) is 124 Å². The first kappa shape index (κ1) is 23.7. The number of nitrogens with zero attached hydrogens (tertiary/aromatic N) is 2. The lowest BCUT2D eigenvalue weighted by Crippen LogP contribution is -2.27. The largest absolute Gasteiger partial charge is 0.447 e. The van der Waals surface area contributed by atoms with Crippen molar-refractivity contribution in [2.24, 2.45) is 0 Å². The summed E-state index contributed by atoms with van der Waals surface area (Å²) in [5, 5.41) is 3.60. The van der Waals surface area contributed by atoms with E-state index in [4.69, 9.17) is 16.0 Å². The van der Waals surface area contributed by atoms with Crippen LogP contribution < -0.4 is 5.32 Å². The number of carbonyl (C=O) groups is 1. The van der Waals surface area contributed by atoms with E-state index in [2.05, 4.69) is 15.2 Å². The predicted molar refractivity (Wildman–Crippen MR) is 130 cm³/mol. The van der Waals surface area contributed by atoms with Crippen LogP contribution in [0.4, 0.5) is 4.39 Å². The van der Waals surface area contributed by atoms with Gasteiger partial charge in [-0.1, -0.05) is 72.3 Å². The molecular weight excluding hydrogens is 453 g/mol. The summed E-state index contributed by atoms with van der Waals surface area (Å²) in [6, 6.07) is 23.5. The van der Waals surface area contributed by atoms with Crippen molar-refractivity contribution < 1.29 is 13.6 Å². The van der Waals surface area contributed by atoms with Crippen molar-refractivity contribution >= 4 is 17.5 Å². The first-order valence-corrected chi connectivity index (χ1v) is 11.4. The molecule has 174 valence electrons. The molecule has 0 fully saturated rings. The summed E-state index contributed by atoms with van der Waals surface area (Å²) in [4.78, 5) is 19.2. The Kier molecular flexibility index (Phi) is 7.72. The Morgan fingerprint density at radius 2 is 1.71 bits per heavy atom. The maximum Gasteiger partial charge on any atom is 0.273 e. The number of hydrogen-bond acceptors (Lipinski definition) is 4. The average Bonchev–Trinajstić information content (AvgIpc) is 3.31. The van der Waals surface area contributed by atoms with E-state index in [1.807, 2.05) is 61.5 Å². The zero-order chi connectivity index (χ0) is 23.9. The summed E-state index contributed by atoms with van der Waals surface area (Å²) in [7, 11) is 0. The zero-order valence-corrected chi connectivity index (χ0v) is 19.5. The highest BCUT2D eigenvalue weighted by Gasteiger charge is 2.18. The minimum Gasteiger partial charge on any atom is -0.447 e. The van der Waals surface area contributed by atoms with Crippen LogP contribution in [0.5, 0.6) is 0 Å². The Morgan fingerprint density at radius 1 is 1.00 bits per heavy atom. The van der Waals surface area contributed by atoms with Gasteiger partial charge in [0, 0.05) is 18.1 Å². The van der Waals surface area contributed by atoms with E-state index in [0.29, 0.717) is 30.5 Å². The van der Waals surface area contributed by atoms with E-state index in [-0.39, 0.29) is 23.5 Å². The molecule has 34 heavy (non-hydrogen) atoms. The number of rotatable bonds is 9. The molecule has 4 aromatic rings. The number of oxazole rings is 1. The van der Waals surface area contributed by atoms with Crippen molar-refractivity contribution in [3.8, 4) is 0 Å². The van der Waals surface area contributed by atoms with Gasteiger partial charge in [0.05, 0.1) is 12.6 Å². The van der Waals surface area contributed by atoms with Gasteiger partial charge < -0.3 is 9.73 Å². The van der Waals surface area contributed by atoms with E-state index in [0.717, 1.165) is 16.7 Å². The third kappa shape index (κ3) is 6.31. The second-order valence-corrected chi connectivity index (χ2v) is 8.50. The molecule has 0 aliphatic heterocycles. The van der Waals surface area contributed by atoms with Crippen molar-refractivity contribution in [3.63, 3.8) is 0 Å². The third-order valence-electron chi connectivity index (χ3n) is 5.46. The van der Waals surface area contributed by atoms with E-state index in [1.54, 1.807) is 12.1 Å². The van der Waals surface area contributed by atoms with Crippen molar-refractivity contribution in [1.82, 2.24) is 15.2 Å². The van der Waals surface area contributed by atoms with Gasteiger partial charge in [0.25, 0.3) is 5.91 Å². The molecule has 1 atom stereocenters. The number of benzene rings is 3. The highest BCUT2D eigenvalue weighted by Crippen LogP contribution is 2.20. The molecule has 7 heteroatoms.